The van der Waals surface area contributed by atoms with Crippen molar-refractivity contribution >= 4 is 17.3 Å². The number of nitro groups is 1. The number of ether oxygens (including phenoxy) is 1. The second-order valence-corrected chi connectivity index (χ2v) is 5.95. The van der Waals surface area contributed by atoms with Crippen molar-refractivity contribution < 1.29 is 14.5 Å². The van der Waals surface area contributed by atoms with E-state index in [2.05, 4.69) is 15.1 Å². The molecule has 1 saturated heterocycles. The van der Waals surface area contributed by atoms with Crippen molar-refractivity contribution in [1.82, 2.24) is 10.2 Å². The van der Waals surface area contributed by atoms with E-state index in [0.29, 0.717) is 5.92 Å². The summed E-state index contributed by atoms with van der Waals surface area (Å²) < 4.78 is 4.95. The number of nitro benzene ring substituents is 1. The predicted octanol–water partition coefficient (Wildman–Crippen LogP) is 2.88. The van der Waals surface area contributed by atoms with E-state index >= 15 is 0 Å². The Labute approximate surface area is 144 Å². The fourth-order valence-corrected chi connectivity index (χ4v) is 3.19. The van der Waals surface area contributed by atoms with Crippen LogP contribution in [0, 0.1) is 10.1 Å². The molecule has 1 aromatic heterocycles. The zero-order chi connectivity index (χ0) is 17.8. The molecule has 3 rings (SSSR count). The Morgan fingerprint density at radius 1 is 1.40 bits per heavy atom. The van der Waals surface area contributed by atoms with Crippen molar-refractivity contribution in [1.29, 1.82) is 0 Å². The molecule has 8 nitrogen and oxygen atoms in total. The van der Waals surface area contributed by atoms with E-state index in [1.165, 1.54) is 6.07 Å². The van der Waals surface area contributed by atoms with Crippen LogP contribution in [0.25, 0.3) is 0 Å². The minimum absolute atomic E-state index is 0.0000383. The summed E-state index contributed by atoms with van der Waals surface area (Å²) in [6.45, 7) is 3.47. The molecule has 0 radical (unpaired) electrons. The molecule has 0 saturated carbocycles. The fraction of sp³-hybridized carbons (Fsp3) is 0.412. The van der Waals surface area contributed by atoms with Crippen molar-refractivity contribution in [3.63, 3.8) is 0 Å². The number of aromatic nitrogens is 2. The number of carbonyl (C=O) groups excluding carboxylic acids is 1. The molecule has 2 aromatic rings. The summed E-state index contributed by atoms with van der Waals surface area (Å²) in [5.74, 6) is -0.232. The normalized spacial score (nSPS) is 15.2. The van der Waals surface area contributed by atoms with Crippen molar-refractivity contribution in [2.75, 3.05) is 24.6 Å². The third-order valence-corrected chi connectivity index (χ3v) is 4.49. The van der Waals surface area contributed by atoms with E-state index in [0.717, 1.165) is 37.3 Å². The van der Waals surface area contributed by atoms with Crippen LogP contribution in [-0.4, -0.2) is 40.8 Å². The van der Waals surface area contributed by atoms with Gasteiger partial charge in [-0.2, -0.15) is 5.10 Å². The SMILES string of the molecule is CCOC(=O)c1cc(N2CCC(c3ccn[nH]3)CC2)ccc1[N+](=O)[O-]. The van der Waals surface area contributed by atoms with Gasteiger partial charge in [-0.3, -0.25) is 15.2 Å². The van der Waals surface area contributed by atoms with Gasteiger partial charge in [0.25, 0.3) is 5.69 Å². The van der Waals surface area contributed by atoms with E-state index in [4.69, 9.17) is 4.74 Å². The van der Waals surface area contributed by atoms with Crippen LogP contribution in [0.1, 0.15) is 41.7 Å². The van der Waals surface area contributed by atoms with Crippen molar-refractivity contribution in [3.8, 4) is 0 Å². The summed E-state index contributed by atoms with van der Waals surface area (Å²) in [6.07, 6.45) is 3.66. The molecule has 1 aliphatic heterocycles. The number of piperidine rings is 1. The van der Waals surface area contributed by atoms with Crippen LogP contribution in [0.2, 0.25) is 0 Å². The van der Waals surface area contributed by atoms with Gasteiger partial charge in [-0.15, -0.1) is 0 Å². The lowest BCUT2D eigenvalue weighted by atomic mass is 9.93. The highest BCUT2D eigenvalue weighted by Crippen LogP contribution is 2.31. The number of H-pyrrole nitrogens is 1. The quantitative estimate of drug-likeness (QED) is 0.508. The number of aromatic amines is 1. The van der Waals surface area contributed by atoms with Crippen molar-refractivity contribution in [2.24, 2.45) is 0 Å². The molecule has 1 aromatic carbocycles. The van der Waals surface area contributed by atoms with E-state index in [9.17, 15) is 14.9 Å². The topological polar surface area (TPSA) is 101 Å². The molecule has 8 heteroatoms. The molecule has 0 atom stereocenters. The van der Waals surface area contributed by atoms with Gasteiger partial charge in [-0.05, 0) is 38.0 Å². The molecule has 0 amide bonds. The third-order valence-electron chi connectivity index (χ3n) is 4.49. The molecule has 2 heterocycles. The van der Waals surface area contributed by atoms with Gasteiger partial charge in [0.1, 0.15) is 5.56 Å². The maximum absolute atomic E-state index is 12.1. The largest absolute Gasteiger partial charge is 0.462 e. The number of hydrogen-bond donors (Lipinski definition) is 1. The van der Waals surface area contributed by atoms with Gasteiger partial charge in [0, 0.05) is 42.7 Å². The molecular weight excluding hydrogens is 324 g/mol. The van der Waals surface area contributed by atoms with Gasteiger partial charge in [-0.1, -0.05) is 0 Å². The number of anilines is 1. The van der Waals surface area contributed by atoms with Gasteiger partial charge in [0.15, 0.2) is 0 Å². The Bertz CT molecular complexity index is 752. The summed E-state index contributed by atoms with van der Waals surface area (Å²) in [5, 5.41) is 18.2. The minimum atomic E-state index is -0.664. The first-order valence-electron chi connectivity index (χ1n) is 8.30. The number of benzene rings is 1. The Hall–Kier alpha value is -2.90. The lowest BCUT2D eigenvalue weighted by Crippen LogP contribution is -2.33. The maximum Gasteiger partial charge on any atom is 0.345 e. The molecule has 0 bridgehead atoms. The number of esters is 1. The molecule has 0 unspecified atom stereocenters. The predicted molar refractivity (Wildman–Crippen MR) is 91.8 cm³/mol. The number of nitrogens with zero attached hydrogens (tertiary/aromatic N) is 3. The second-order valence-electron chi connectivity index (χ2n) is 5.95. The monoisotopic (exact) mass is 344 g/mol. The maximum atomic E-state index is 12.1. The Morgan fingerprint density at radius 3 is 2.76 bits per heavy atom. The Balaban J connectivity index is 1.77. The van der Waals surface area contributed by atoms with Gasteiger partial charge in [0.2, 0.25) is 0 Å². The van der Waals surface area contributed by atoms with Crippen molar-refractivity contribution in [3.05, 3.63) is 51.8 Å². The average Bonchev–Trinajstić information content (AvgIpc) is 3.16. The molecular formula is C17H20N4O4. The molecule has 0 spiro atoms. The highest BCUT2D eigenvalue weighted by atomic mass is 16.6. The van der Waals surface area contributed by atoms with Gasteiger partial charge in [-0.25, -0.2) is 4.79 Å². The Morgan fingerprint density at radius 2 is 2.16 bits per heavy atom. The van der Waals surface area contributed by atoms with E-state index < -0.39 is 10.9 Å². The summed E-state index contributed by atoms with van der Waals surface area (Å²) in [5.41, 5.74) is 1.71. The standard InChI is InChI=1S/C17H20N4O4/c1-2-25-17(22)14-11-13(3-4-16(14)21(23)24)20-9-6-12(7-10-20)15-5-8-18-19-15/h3-5,8,11-12H,2,6-7,9-10H2,1H3,(H,18,19). The first-order valence-corrected chi connectivity index (χ1v) is 8.30. The highest BCUT2D eigenvalue weighted by Gasteiger charge is 2.26. The molecule has 1 aliphatic rings. The zero-order valence-electron chi connectivity index (χ0n) is 14.0. The van der Waals surface area contributed by atoms with Gasteiger partial charge < -0.3 is 9.64 Å². The van der Waals surface area contributed by atoms with Crippen LogP contribution in [0.15, 0.2) is 30.5 Å². The molecule has 132 valence electrons. The van der Waals surface area contributed by atoms with Gasteiger partial charge in [0.05, 0.1) is 11.5 Å². The Kier molecular flexibility index (Phi) is 4.97. The summed E-state index contributed by atoms with van der Waals surface area (Å²) in [7, 11) is 0. The minimum Gasteiger partial charge on any atom is -0.462 e. The average molecular weight is 344 g/mol. The lowest BCUT2D eigenvalue weighted by molar-refractivity contribution is -0.385. The molecule has 1 fully saturated rings. The molecule has 25 heavy (non-hydrogen) atoms. The highest BCUT2D eigenvalue weighted by molar-refractivity contribution is 5.95. The molecule has 1 N–H and O–H groups in total. The van der Waals surface area contributed by atoms with E-state index in [1.807, 2.05) is 6.07 Å². The summed E-state index contributed by atoms with van der Waals surface area (Å²) in [6, 6.07) is 6.62. The molecule has 0 aliphatic carbocycles. The first kappa shape index (κ1) is 16.9. The van der Waals surface area contributed by atoms with Crippen LogP contribution in [0.4, 0.5) is 11.4 Å². The third kappa shape index (κ3) is 3.62. The second kappa shape index (κ2) is 7.33. The fourth-order valence-electron chi connectivity index (χ4n) is 3.19. The van der Waals surface area contributed by atoms with Crippen molar-refractivity contribution in [2.45, 2.75) is 25.7 Å². The van der Waals surface area contributed by atoms with Crippen LogP contribution in [0.3, 0.4) is 0 Å². The van der Waals surface area contributed by atoms with Gasteiger partial charge >= 0.3 is 5.97 Å². The van der Waals surface area contributed by atoms with E-state index in [1.54, 1.807) is 25.3 Å². The van der Waals surface area contributed by atoms with Crippen LogP contribution in [-0.2, 0) is 4.74 Å². The van der Waals surface area contributed by atoms with Crippen LogP contribution in [0.5, 0.6) is 0 Å². The van der Waals surface area contributed by atoms with Crippen LogP contribution >= 0.6 is 0 Å². The van der Waals surface area contributed by atoms with Crippen LogP contribution < -0.4 is 4.90 Å². The van der Waals surface area contributed by atoms with E-state index in [-0.39, 0.29) is 17.9 Å². The smallest absolute Gasteiger partial charge is 0.345 e. The first-order chi connectivity index (χ1) is 12.1. The number of carbonyl (C=O) groups is 1. The number of nitrogens with one attached hydrogen (secondary N) is 1. The summed E-state index contributed by atoms with van der Waals surface area (Å²) >= 11 is 0. The lowest BCUT2D eigenvalue weighted by Gasteiger charge is -2.33. The zero-order valence-corrected chi connectivity index (χ0v) is 14.0. The summed E-state index contributed by atoms with van der Waals surface area (Å²) in [4.78, 5) is 24.8. The number of rotatable bonds is 5. The number of hydrogen-bond acceptors (Lipinski definition) is 6.